The summed E-state index contributed by atoms with van der Waals surface area (Å²) in [7, 11) is 0. The SMILES string of the molecule is CC(C)(CC(=O)NC(Cc1ccccc1)C(=O)NC(Cc1ccccc1)C(=O)NCC(N)C(=O)NC(CC(=O)O)C(=O)NC(CS)C(=O)O)C(C)(C)NC(=O)CCC(NC(=O)NC(CCC(=O)O)C(=O)O)C(=O)O. The maximum Gasteiger partial charge on any atom is 0.327 e. The maximum atomic E-state index is 14.2. The number of aliphatic carboxylic acids is 5. The van der Waals surface area contributed by atoms with E-state index in [-0.39, 0.29) is 25.0 Å². The van der Waals surface area contributed by atoms with Crippen LogP contribution in [0.15, 0.2) is 60.7 Å². The van der Waals surface area contributed by atoms with Crippen LogP contribution in [0.1, 0.15) is 77.3 Å². The standard InChI is InChI=1S/C47H65N9O17S/c1-46(2,47(3,4)56-34(57)17-15-28(42(67)68)54-45(73)55-29(43(69)70)16-18-36(59)60)22-35(58)50-31(20-26-13-9-6-10-14-26)40(65)52-30(19-25-11-7-5-8-12-25)39(64)49-23-27(48)38(63)51-32(21-37(61)62)41(66)53-33(24-74)44(71)72/h5-14,27-33,74H,15-24,48H2,1-4H3,(H,49,64)(H,50,58)(H,51,63)(H,52,65)(H,53,66)(H,56,57)(H,59,60)(H,61,62)(H,67,68)(H,69,70)(H,71,72)(H2,54,55,73). The van der Waals surface area contributed by atoms with E-state index in [0.717, 1.165) is 0 Å². The number of urea groups is 1. The average Bonchev–Trinajstić information content (AvgIpc) is 3.31. The fourth-order valence-corrected chi connectivity index (χ4v) is 7.05. The van der Waals surface area contributed by atoms with Gasteiger partial charge >= 0.3 is 35.9 Å². The molecule has 15 N–H and O–H groups in total. The first-order valence-corrected chi connectivity index (χ1v) is 23.6. The van der Waals surface area contributed by atoms with Gasteiger partial charge in [0, 0.05) is 49.9 Å². The highest BCUT2D eigenvalue weighted by molar-refractivity contribution is 7.80. The number of thiol groups is 1. The number of nitrogens with one attached hydrogen (secondary N) is 8. The summed E-state index contributed by atoms with van der Waals surface area (Å²) in [5, 5.41) is 65.4. The van der Waals surface area contributed by atoms with E-state index >= 15 is 0 Å². The van der Waals surface area contributed by atoms with Gasteiger partial charge in [-0.15, -0.1) is 0 Å². The lowest BCUT2D eigenvalue weighted by molar-refractivity contribution is -0.143. The molecule has 0 radical (unpaired) electrons. The van der Waals surface area contributed by atoms with Gasteiger partial charge in [0.05, 0.1) is 6.42 Å². The monoisotopic (exact) mass is 1060 g/mol. The van der Waals surface area contributed by atoms with Crippen LogP contribution < -0.4 is 48.3 Å². The smallest absolute Gasteiger partial charge is 0.327 e. The number of hydrogen-bond acceptors (Lipinski definition) is 14. The van der Waals surface area contributed by atoms with Crippen molar-refractivity contribution in [2.24, 2.45) is 11.1 Å². The Labute approximate surface area is 430 Å². The Bertz CT molecular complexity index is 2340. The minimum atomic E-state index is -1.76. The first-order chi connectivity index (χ1) is 34.5. The summed E-state index contributed by atoms with van der Waals surface area (Å²) in [5.41, 5.74) is 4.95. The van der Waals surface area contributed by atoms with E-state index in [1.165, 1.54) is 0 Å². The second-order valence-electron chi connectivity index (χ2n) is 18.3. The summed E-state index contributed by atoms with van der Waals surface area (Å²) in [6.45, 7) is 5.92. The molecule has 0 saturated carbocycles. The molecule has 0 aromatic heterocycles. The Kier molecular flexibility index (Phi) is 25.0. The van der Waals surface area contributed by atoms with Crippen molar-refractivity contribution in [3.05, 3.63) is 71.8 Å². The molecule has 7 unspecified atom stereocenters. The van der Waals surface area contributed by atoms with Crippen LogP contribution in [0.25, 0.3) is 0 Å². The van der Waals surface area contributed by atoms with Gasteiger partial charge in [-0.25, -0.2) is 19.2 Å². The molecule has 74 heavy (non-hydrogen) atoms. The van der Waals surface area contributed by atoms with Gasteiger partial charge in [-0.3, -0.25) is 38.4 Å². The third-order valence-electron chi connectivity index (χ3n) is 11.8. The molecule has 2 rings (SSSR count). The quantitative estimate of drug-likeness (QED) is 0.0371. The van der Waals surface area contributed by atoms with Crippen LogP contribution in [-0.2, 0) is 65.6 Å². The number of rotatable bonds is 32. The molecule has 0 heterocycles. The van der Waals surface area contributed by atoms with E-state index in [1.807, 2.05) is 5.32 Å². The van der Waals surface area contributed by atoms with E-state index in [4.69, 9.17) is 10.8 Å². The number of benzene rings is 2. The first-order valence-electron chi connectivity index (χ1n) is 23.0. The zero-order valence-electron chi connectivity index (χ0n) is 41.0. The van der Waals surface area contributed by atoms with Gasteiger partial charge in [0.2, 0.25) is 35.4 Å². The van der Waals surface area contributed by atoms with Gasteiger partial charge in [-0.2, -0.15) is 12.6 Å². The molecule has 2 aromatic rings. The van der Waals surface area contributed by atoms with Crippen LogP contribution >= 0.6 is 12.6 Å². The number of nitrogens with two attached hydrogens (primary N) is 1. The van der Waals surface area contributed by atoms with Crippen LogP contribution in [-0.4, -0.2) is 157 Å². The van der Waals surface area contributed by atoms with Crippen molar-refractivity contribution in [2.75, 3.05) is 12.3 Å². The fraction of sp³-hybridized carbons (Fsp3) is 0.489. The Morgan fingerprint density at radius 1 is 0.527 bits per heavy atom. The molecule has 0 spiro atoms. The van der Waals surface area contributed by atoms with Crippen molar-refractivity contribution in [1.82, 2.24) is 42.5 Å². The number of carbonyl (C=O) groups excluding carboxylic acids is 7. The summed E-state index contributed by atoms with van der Waals surface area (Å²) in [6, 6.07) is 4.98. The predicted octanol–water partition coefficient (Wildman–Crippen LogP) is -1.49. The van der Waals surface area contributed by atoms with Gasteiger partial charge in [0.25, 0.3) is 0 Å². The van der Waals surface area contributed by atoms with E-state index in [0.29, 0.717) is 11.1 Å². The molecular weight excluding hydrogens is 995 g/mol. The summed E-state index contributed by atoms with van der Waals surface area (Å²) >= 11 is 3.85. The lowest BCUT2D eigenvalue weighted by Gasteiger charge is -2.42. The minimum absolute atomic E-state index is 0.0634. The highest BCUT2D eigenvalue weighted by Gasteiger charge is 2.41. The average molecular weight is 1060 g/mol. The zero-order chi connectivity index (χ0) is 55.9. The van der Waals surface area contributed by atoms with Crippen LogP contribution in [0.3, 0.4) is 0 Å². The molecular formula is C47H65N9O17S. The molecule has 0 fully saturated rings. The number of carbonyl (C=O) groups is 12. The molecule has 0 aliphatic heterocycles. The molecule has 2 aromatic carbocycles. The second kappa shape index (κ2) is 29.6. The van der Waals surface area contributed by atoms with Crippen LogP contribution in [0.2, 0.25) is 0 Å². The third-order valence-corrected chi connectivity index (χ3v) is 12.1. The van der Waals surface area contributed by atoms with E-state index in [1.54, 1.807) is 88.4 Å². The summed E-state index contributed by atoms with van der Waals surface area (Å²) in [6.07, 6.45) is -3.40. The maximum absolute atomic E-state index is 14.2. The largest absolute Gasteiger partial charge is 0.481 e. The molecule has 0 saturated heterocycles. The zero-order valence-corrected chi connectivity index (χ0v) is 41.9. The van der Waals surface area contributed by atoms with Gasteiger partial charge in [-0.1, -0.05) is 74.5 Å². The Hall–Kier alpha value is -7.81. The molecule has 7 atom stereocenters. The van der Waals surface area contributed by atoms with Crippen LogP contribution in [0.5, 0.6) is 0 Å². The van der Waals surface area contributed by atoms with E-state index in [2.05, 4.69) is 49.8 Å². The topological polar surface area (TPSA) is 428 Å². The van der Waals surface area contributed by atoms with E-state index in [9.17, 15) is 78.0 Å². The second-order valence-corrected chi connectivity index (χ2v) is 18.6. The Morgan fingerprint density at radius 3 is 1.43 bits per heavy atom. The normalized spacial score (nSPS) is 14.1. The molecule has 0 bridgehead atoms. The molecule has 406 valence electrons. The molecule has 26 nitrogen and oxygen atoms in total. The molecule has 8 amide bonds. The van der Waals surface area contributed by atoms with Crippen LogP contribution in [0, 0.1) is 5.41 Å². The van der Waals surface area contributed by atoms with Gasteiger partial charge in [0.15, 0.2) is 0 Å². The third kappa shape index (κ3) is 21.9. The van der Waals surface area contributed by atoms with Crippen molar-refractivity contribution in [2.45, 2.75) is 127 Å². The lowest BCUT2D eigenvalue weighted by atomic mass is 9.71. The summed E-state index contributed by atoms with van der Waals surface area (Å²) < 4.78 is 0. The van der Waals surface area contributed by atoms with Crippen molar-refractivity contribution >= 4 is 83.9 Å². The first kappa shape index (κ1) is 62.3. The summed E-state index contributed by atoms with van der Waals surface area (Å²) in [4.78, 5) is 151. The van der Waals surface area contributed by atoms with Crippen molar-refractivity contribution < 1.29 is 83.1 Å². The fourth-order valence-electron chi connectivity index (χ4n) is 6.80. The Balaban J connectivity index is 2.24. The van der Waals surface area contributed by atoms with Crippen molar-refractivity contribution in [3.63, 3.8) is 0 Å². The molecule has 0 aliphatic carbocycles. The predicted molar refractivity (Wildman–Crippen MR) is 264 cm³/mol. The van der Waals surface area contributed by atoms with Gasteiger partial charge in [0.1, 0.15) is 42.3 Å². The molecule has 27 heteroatoms. The summed E-state index contributed by atoms with van der Waals surface area (Å²) in [5.74, 6) is -13.0. The van der Waals surface area contributed by atoms with Gasteiger partial charge in [-0.05, 0) is 43.2 Å². The van der Waals surface area contributed by atoms with Crippen molar-refractivity contribution in [3.8, 4) is 0 Å². The highest BCUT2D eigenvalue weighted by Crippen LogP contribution is 2.34. The van der Waals surface area contributed by atoms with Crippen LogP contribution in [0.4, 0.5) is 4.79 Å². The van der Waals surface area contributed by atoms with E-state index < -0.39 is 163 Å². The molecule has 0 aliphatic rings. The number of carboxylic acids is 5. The van der Waals surface area contributed by atoms with Crippen molar-refractivity contribution in [1.29, 1.82) is 0 Å². The number of amides is 8. The minimum Gasteiger partial charge on any atom is -0.481 e. The highest BCUT2D eigenvalue weighted by atomic mass is 32.1. The number of carboxylic acid groups (broad SMARTS) is 5. The number of hydrogen-bond donors (Lipinski definition) is 15. The Morgan fingerprint density at radius 2 is 0.973 bits per heavy atom. The van der Waals surface area contributed by atoms with Gasteiger partial charge < -0.3 is 73.8 Å². The lowest BCUT2D eigenvalue weighted by Crippen LogP contribution is -2.59.